The van der Waals surface area contributed by atoms with E-state index in [4.69, 9.17) is 4.74 Å². The number of aromatic nitrogens is 2. The van der Waals surface area contributed by atoms with Crippen molar-refractivity contribution in [3.8, 4) is 22.9 Å². The van der Waals surface area contributed by atoms with Crippen LogP contribution < -0.4 is 4.74 Å². The number of ether oxygens (including phenoxy) is 1. The van der Waals surface area contributed by atoms with Gasteiger partial charge in [-0.2, -0.15) is 5.10 Å². The van der Waals surface area contributed by atoms with Crippen LogP contribution in [0.1, 0.15) is 32.8 Å². The molecule has 0 saturated carbocycles. The van der Waals surface area contributed by atoms with Crippen LogP contribution in [0.4, 0.5) is 4.39 Å². The molecule has 0 bridgehead atoms. The molecule has 0 unspecified atom stereocenters. The molecule has 0 N–H and O–H groups in total. The van der Waals surface area contributed by atoms with Gasteiger partial charge in [-0.05, 0) is 18.1 Å². The first kappa shape index (κ1) is 21.6. The van der Waals surface area contributed by atoms with E-state index in [-0.39, 0.29) is 11.7 Å². The van der Waals surface area contributed by atoms with Gasteiger partial charge in [0.05, 0.1) is 12.1 Å². The molecule has 3 rings (SSSR count). The second-order valence-corrected chi connectivity index (χ2v) is 7.68. The topological polar surface area (TPSA) is 47.4 Å². The maximum Gasteiger partial charge on any atom is 0.223 e. The highest BCUT2D eigenvalue weighted by Crippen LogP contribution is 2.35. The van der Waals surface area contributed by atoms with Gasteiger partial charge in [-0.3, -0.25) is 4.79 Å². The average molecular weight is 410 g/mol. The van der Waals surface area contributed by atoms with E-state index in [1.54, 1.807) is 29.9 Å². The Labute approximate surface area is 177 Å². The van der Waals surface area contributed by atoms with E-state index in [1.807, 2.05) is 42.2 Å². The molecule has 158 valence electrons. The Kier molecular flexibility index (Phi) is 6.87. The molecule has 1 heterocycles. The van der Waals surface area contributed by atoms with Gasteiger partial charge in [0.1, 0.15) is 5.69 Å². The first-order chi connectivity index (χ1) is 14.4. The number of benzene rings is 2. The highest BCUT2D eigenvalue weighted by Gasteiger charge is 2.24. The van der Waals surface area contributed by atoms with Crippen molar-refractivity contribution in [1.29, 1.82) is 0 Å². The lowest BCUT2D eigenvalue weighted by molar-refractivity contribution is -0.132. The molecule has 5 nitrogen and oxygen atoms in total. The number of amides is 1. The summed E-state index contributed by atoms with van der Waals surface area (Å²) in [4.78, 5) is 14.4. The van der Waals surface area contributed by atoms with Crippen molar-refractivity contribution in [3.63, 3.8) is 0 Å². The number of nitrogens with zero attached hydrogens (tertiary/aromatic N) is 3. The summed E-state index contributed by atoms with van der Waals surface area (Å²) >= 11 is 0. The summed E-state index contributed by atoms with van der Waals surface area (Å²) in [5.74, 6) is 0.474. The molecule has 0 aliphatic heterocycles. The number of rotatable bonds is 8. The molecule has 0 saturated heterocycles. The summed E-state index contributed by atoms with van der Waals surface area (Å²) in [6, 6.07) is 16.0. The van der Waals surface area contributed by atoms with Gasteiger partial charge in [-0.1, -0.05) is 63.2 Å². The van der Waals surface area contributed by atoms with Crippen LogP contribution in [0.3, 0.4) is 0 Å². The first-order valence-corrected chi connectivity index (χ1v) is 10.2. The van der Waals surface area contributed by atoms with E-state index in [2.05, 4.69) is 18.9 Å². The van der Waals surface area contributed by atoms with Crippen molar-refractivity contribution in [2.24, 2.45) is 13.0 Å². The van der Waals surface area contributed by atoms with Gasteiger partial charge in [-0.15, -0.1) is 0 Å². The highest BCUT2D eigenvalue weighted by molar-refractivity contribution is 5.76. The molecule has 0 aliphatic carbocycles. The van der Waals surface area contributed by atoms with Crippen molar-refractivity contribution >= 4 is 5.91 Å². The standard InChI is InChI=1S/C24H28FN3O2/c1-5-22(29)28(15-17(2)3)16-19-23(18-11-7-6-8-12-18)26-27(4)24(19)30-21-14-10-9-13-20(21)25/h6-14,17H,5,15-16H2,1-4H3. The van der Waals surface area contributed by atoms with Crippen LogP contribution in [0, 0.1) is 11.7 Å². The summed E-state index contributed by atoms with van der Waals surface area (Å²) in [5, 5.41) is 4.66. The molecular weight excluding hydrogens is 381 g/mol. The van der Waals surface area contributed by atoms with Crippen molar-refractivity contribution in [1.82, 2.24) is 14.7 Å². The molecular formula is C24H28FN3O2. The van der Waals surface area contributed by atoms with E-state index < -0.39 is 5.82 Å². The fourth-order valence-corrected chi connectivity index (χ4v) is 3.39. The number of aryl methyl sites for hydroxylation is 1. The maximum absolute atomic E-state index is 14.3. The number of hydrogen-bond acceptors (Lipinski definition) is 3. The lowest BCUT2D eigenvalue weighted by atomic mass is 10.1. The van der Waals surface area contributed by atoms with Crippen LogP contribution in [0.2, 0.25) is 0 Å². The molecule has 0 aliphatic rings. The van der Waals surface area contributed by atoms with Crippen LogP contribution in [0.5, 0.6) is 11.6 Å². The third-order valence-corrected chi connectivity index (χ3v) is 4.77. The van der Waals surface area contributed by atoms with E-state index in [1.165, 1.54) is 6.07 Å². The Morgan fingerprint density at radius 1 is 1.13 bits per heavy atom. The number of hydrogen-bond donors (Lipinski definition) is 0. The predicted octanol–water partition coefficient (Wildman–Crippen LogP) is 5.41. The van der Waals surface area contributed by atoms with Gasteiger partial charge in [0.2, 0.25) is 11.8 Å². The Balaban J connectivity index is 2.09. The molecule has 1 amide bonds. The van der Waals surface area contributed by atoms with Gasteiger partial charge in [-0.25, -0.2) is 9.07 Å². The van der Waals surface area contributed by atoms with Gasteiger partial charge in [0.25, 0.3) is 0 Å². The number of halogens is 1. The molecule has 1 aromatic heterocycles. The minimum absolute atomic E-state index is 0.0587. The third-order valence-electron chi connectivity index (χ3n) is 4.77. The Bertz CT molecular complexity index is 999. The predicted molar refractivity (Wildman–Crippen MR) is 116 cm³/mol. The Morgan fingerprint density at radius 3 is 2.43 bits per heavy atom. The van der Waals surface area contributed by atoms with Crippen LogP contribution in [0.25, 0.3) is 11.3 Å². The summed E-state index contributed by atoms with van der Waals surface area (Å²) in [6.07, 6.45) is 0.414. The SMILES string of the molecule is CCC(=O)N(Cc1c(-c2ccccc2)nn(C)c1Oc1ccccc1F)CC(C)C. The minimum Gasteiger partial charge on any atom is -0.436 e. The molecule has 0 fully saturated rings. The fourth-order valence-electron chi connectivity index (χ4n) is 3.39. The molecule has 2 aromatic carbocycles. The summed E-state index contributed by atoms with van der Waals surface area (Å²) in [6.45, 7) is 6.97. The lowest BCUT2D eigenvalue weighted by Gasteiger charge is -2.25. The van der Waals surface area contributed by atoms with Crippen LogP contribution in [0.15, 0.2) is 54.6 Å². The summed E-state index contributed by atoms with van der Waals surface area (Å²) in [7, 11) is 1.76. The second-order valence-electron chi connectivity index (χ2n) is 7.68. The quantitative estimate of drug-likeness (QED) is 0.500. The molecule has 30 heavy (non-hydrogen) atoms. The minimum atomic E-state index is -0.449. The zero-order valence-corrected chi connectivity index (χ0v) is 17.9. The third kappa shape index (κ3) is 4.87. The zero-order valence-electron chi connectivity index (χ0n) is 17.9. The Hall–Kier alpha value is -3.15. The van der Waals surface area contributed by atoms with Gasteiger partial charge < -0.3 is 9.64 Å². The van der Waals surface area contributed by atoms with Crippen molar-refractivity contribution < 1.29 is 13.9 Å². The number of carbonyl (C=O) groups excluding carboxylic acids is 1. The second kappa shape index (κ2) is 9.57. The largest absolute Gasteiger partial charge is 0.436 e. The highest BCUT2D eigenvalue weighted by atomic mass is 19.1. The van der Waals surface area contributed by atoms with E-state index in [9.17, 15) is 9.18 Å². The summed E-state index contributed by atoms with van der Waals surface area (Å²) in [5.41, 5.74) is 2.40. The van der Waals surface area contributed by atoms with E-state index in [0.29, 0.717) is 31.3 Å². The van der Waals surface area contributed by atoms with Crippen LogP contribution in [-0.2, 0) is 18.4 Å². The monoisotopic (exact) mass is 409 g/mol. The van der Waals surface area contributed by atoms with E-state index >= 15 is 0 Å². The van der Waals surface area contributed by atoms with Crippen molar-refractivity contribution in [2.45, 2.75) is 33.7 Å². The van der Waals surface area contributed by atoms with Crippen LogP contribution >= 0.6 is 0 Å². The Morgan fingerprint density at radius 2 is 1.80 bits per heavy atom. The molecule has 6 heteroatoms. The van der Waals surface area contributed by atoms with Gasteiger partial charge in [0.15, 0.2) is 11.6 Å². The van der Waals surface area contributed by atoms with Gasteiger partial charge in [0, 0.05) is 25.6 Å². The lowest BCUT2D eigenvalue weighted by Crippen LogP contribution is -2.33. The first-order valence-electron chi connectivity index (χ1n) is 10.2. The molecule has 0 atom stereocenters. The zero-order chi connectivity index (χ0) is 21.7. The average Bonchev–Trinajstić information content (AvgIpc) is 3.04. The summed E-state index contributed by atoms with van der Waals surface area (Å²) < 4.78 is 21.9. The molecule has 0 radical (unpaired) electrons. The number of carbonyl (C=O) groups is 1. The van der Waals surface area contributed by atoms with Crippen LogP contribution in [-0.4, -0.2) is 27.1 Å². The van der Waals surface area contributed by atoms with Gasteiger partial charge >= 0.3 is 0 Å². The van der Waals surface area contributed by atoms with Crippen molar-refractivity contribution in [2.75, 3.05) is 6.54 Å². The fraction of sp³-hybridized carbons (Fsp3) is 0.333. The molecule has 0 spiro atoms. The smallest absolute Gasteiger partial charge is 0.223 e. The van der Waals surface area contributed by atoms with Crippen molar-refractivity contribution in [3.05, 3.63) is 66.0 Å². The maximum atomic E-state index is 14.3. The normalized spacial score (nSPS) is 11.0. The van der Waals surface area contributed by atoms with E-state index in [0.717, 1.165) is 16.8 Å². The molecule has 3 aromatic rings. The number of para-hydroxylation sites is 1.